The van der Waals surface area contributed by atoms with Crippen LogP contribution in [-0.4, -0.2) is 24.2 Å². The molecule has 66 valence electrons. The molecule has 2 N–H and O–H groups in total. The van der Waals surface area contributed by atoms with Crippen LogP contribution in [0.2, 0.25) is 0 Å². The largest absolute Gasteiger partial charge is 0.480 e. The van der Waals surface area contributed by atoms with Crippen molar-refractivity contribution in [1.29, 1.82) is 0 Å². The number of likely N-dealkylation sites (N-methyl/N-ethyl adjacent to an activating group) is 1. The molecular weight excluding hydrogens is 142 g/mol. The van der Waals surface area contributed by atoms with E-state index in [0.29, 0.717) is 5.92 Å². The van der Waals surface area contributed by atoms with Crippen molar-refractivity contribution in [3.05, 3.63) is 0 Å². The van der Waals surface area contributed by atoms with Crippen molar-refractivity contribution in [2.24, 2.45) is 11.8 Å². The predicted molar refractivity (Wildman–Crippen MR) is 44.5 cm³/mol. The number of hydrogen-bond donors (Lipinski definition) is 2. The highest BCUT2D eigenvalue weighted by Crippen LogP contribution is 2.14. The van der Waals surface area contributed by atoms with E-state index in [-0.39, 0.29) is 5.92 Å². The van der Waals surface area contributed by atoms with E-state index < -0.39 is 12.0 Å². The molecule has 0 bridgehead atoms. The van der Waals surface area contributed by atoms with Crippen molar-refractivity contribution in [2.75, 3.05) is 7.05 Å². The van der Waals surface area contributed by atoms with Crippen LogP contribution in [0.1, 0.15) is 20.8 Å². The zero-order valence-corrected chi connectivity index (χ0v) is 7.59. The van der Waals surface area contributed by atoms with Crippen LogP contribution >= 0.6 is 0 Å². The molecule has 0 saturated carbocycles. The molecule has 0 heterocycles. The average Bonchev–Trinajstić information content (AvgIpc) is 1.88. The van der Waals surface area contributed by atoms with Crippen LogP contribution < -0.4 is 5.32 Å². The number of carboxylic acids is 1. The van der Waals surface area contributed by atoms with Crippen LogP contribution in [0.5, 0.6) is 0 Å². The van der Waals surface area contributed by atoms with E-state index in [0.717, 1.165) is 0 Å². The number of hydrogen-bond acceptors (Lipinski definition) is 2. The Morgan fingerprint density at radius 1 is 1.36 bits per heavy atom. The fourth-order valence-corrected chi connectivity index (χ4v) is 0.996. The molecule has 0 aliphatic rings. The molecule has 0 amide bonds. The molecular formula is C8H17NO2. The zero-order chi connectivity index (χ0) is 9.02. The summed E-state index contributed by atoms with van der Waals surface area (Å²) in [5.41, 5.74) is 0. The van der Waals surface area contributed by atoms with Gasteiger partial charge in [0.25, 0.3) is 0 Å². The van der Waals surface area contributed by atoms with Gasteiger partial charge in [0.05, 0.1) is 0 Å². The zero-order valence-electron chi connectivity index (χ0n) is 7.59. The van der Waals surface area contributed by atoms with Crippen molar-refractivity contribution in [1.82, 2.24) is 5.32 Å². The maximum atomic E-state index is 10.6. The van der Waals surface area contributed by atoms with Gasteiger partial charge in [0.1, 0.15) is 6.04 Å². The van der Waals surface area contributed by atoms with Gasteiger partial charge in [-0.15, -0.1) is 0 Å². The Labute approximate surface area is 67.8 Å². The molecule has 0 saturated heterocycles. The molecule has 0 aliphatic heterocycles. The number of nitrogens with one attached hydrogen (secondary N) is 1. The van der Waals surface area contributed by atoms with Crippen molar-refractivity contribution < 1.29 is 9.90 Å². The van der Waals surface area contributed by atoms with Crippen molar-refractivity contribution in [3.63, 3.8) is 0 Å². The quantitative estimate of drug-likeness (QED) is 0.642. The van der Waals surface area contributed by atoms with E-state index in [4.69, 9.17) is 5.11 Å². The van der Waals surface area contributed by atoms with Gasteiger partial charge < -0.3 is 10.4 Å². The van der Waals surface area contributed by atoms with E-state index in [1.165, 1.54) is 0 Å². The Hall–Kier alpha value is -0.570. The number of carboxylic acid groups (broad SMARTS) is 1. The van der Waals surface area contributed by atoms with E-state index in [2.05, 4.69) is 5.32 Å². The Kier molecular flexibility index (Phi) is 4.11. The molecule has 11 heavy (non-hydrogen) atoms. The summed E-state index contributed by atoms with van der Waals surface area (Å²) in [6.45, 7) is 6.00. The minimum Gasteiger partial charge on any atom is -0.480 e. The molecule has 2 atom stereocenters. The fourth-order valence-electron chi connectivity index (χ4n) is 0.996. The summed E-state index contributed by atoms with van der Waals surface area (Å²) in [6, 6.07) is -0.421. The van der Waals surface area contributed by atoms with Gasteiger partial charge in [-0.25, -0.2) is 0 Å². The van der Waals surface area contributed by atoms with Crippen molar-refractivity contribution in [3.8, 4) is 0 Å². The van der Waals surface area contributed by atoms with E-state index >= 15 is 0 Å². The second-order valence-corrected chi connectivity index (χ2v) is 3.21. The summed E-state index contributed by atoms with van der Waals surface area (Å²) in [7, 11) is 1.68. The van der Waals surface area contributed by atoms with E-state index in [9.17, 15) is 4.79 Å². The van der Waals surface area contributed by atoms with Gasteiger partial charge in [0.15, 0.2) is 0 Å². The van der Waals surface area contributed by atoms with Crippen LogP contribution in [-0.2, 0) is 4.79 Å². The first-order valence-corrected chi connectivity index (χ1v) is 3.90. The Balaban J connectivity index is 4.14. The first kappa shape index (κ1) is 10.4. The first-order chi connectivity index (χ1) is 5.00. The summed E-state index contributed by atoms with van der Waals surface area (Å²) in [5.74, 6) is -0.213. The van der Waals surface area contributed by atoms with Gasteiger partial charge in [-0.05, 0) is 18.9 Å². The molecule has 3 nitrogen and oxygen atoms in total. The van der Waals surface area contributed by atoms with Crippen LogP contribution in [0.4, 0.5) is 0 Å². The highest BCUT2D eigenvalue weighted by Gasteiger charge is 2.24. The lowest BCUT2D eigenvalue weighted by atomic mass is 9.90. The molecule has 0 fully saturated rings. The summed E-state index contributed by atoms with van der Waals surface area (Å²) < 4.78 is 0. The maximum absolute atomic E-state index is 10.6. The monoisotopic (exact) mass is 159 g/mol. The minimum atomic E-state index is -0.770. The Morgan fingerprint density at radius 3 is 1.91 bits per heavy atom. The molecule has 0 aromatic carbocycles. The molecule has 2 unspecified atom stereocenters. The topological polar surface area (TPSA) is 49.3 Å². The summed E-state index contributed by atoms with van der Waals surface area (Å²) in [4.78, 5) is 10.6. The first-order valence-electron chi connectivity index (χ1n) is 3.90. The van der Waals surface area contributed by atoms with Crippen LogP contribution in [0.3, 0.4) is 0 Å². The highest BCUT2D eigenvalue weighted by molar-refractivity contribution is 5.73. The van der Waals surface area contributed by atoms with Crippen molar-refractivity contribution >= 4 is 5.97 Å². The van der Waals surface area contributed by atoms with Crippen LogP contribution in [0.25, 0.3) is 0 Å². The van der Waals surface area contributed by atoms with Crippen LogP contribution in [0.15, 0.2) is 0 Å². The summed E-state index contributed by atoms with van der Waals surface area (Å²) in [5, 5.41) is 11.5. The maximum Gasteiger partial charge on any atom is 0.320 e. The predicted octanol–water partition coefficient (Wildman–Crippen LogP) is 0.951. The molecule has 0 aromatic rings. The molecule has 0 radical (unpaired) electrons. The Bertz CT molecular complexity index is 134. The number of aliphatic carboxylic acids is 1. The standard InChI is InChI=1S/C8H17NO2/c1-5(2)6(3)7(9-4)8(10)11/h5-7,9H,1-4H3,(H,10,11). The Morgan fingerprint density at radius 2 is 1.82 bits per heavy atom. The summed E-state index contributed by atoms with van der Waals surface area (Å²) in [6.07, 6.45) is 0. The van der Waals surface area contributed by atoms with Gasteiger partial charge >= 0.3 is 5.97 Å². The van der Waals surface area contributed by atoms with Gasteiger partial charge in [-0.3, -0.25) is 4.79 Å². The third kappa shape index (κ3) is 2.89. The number of carbonyl (C=O) groups is 1. The molecule has 0 aromatic heterocycles. The average molecular weight is 159 g/mol. The van der Waals surface area contributed by atoms with Gasteiger partial charge in [0, 0.05) is 0 Å². The third-order valence-electron chi connectivity index (χ3n) is 2.15. The molecule has 3 heteroatoms. The molecule has 0 spiro atoms. The lowest BCUT2D eigenvalue weighted by Gasteiger charge is -2.22. The highest BCUT2D eigenvalue weighted by atomic mass is 16.4. The smallest absolute Gasteiger partial charge is 0.320 e. The summed E-state index contributed by atoms with van der Waals surface area (Å²) >= 11 is 0. The second-order valence-electron chi connectivity index (χ2n) is 3.21. The van der Waals surface area contributed by atoms with Gasteiger partial charge in [-0.1, -0.05) is 20.8 Å². The van der Waals surface area contributed by atoms with Gasteiger partial charge in [-0.2, -0.15) is 0 Å². The lowest BCUT2D eigenvalue weighted by molar-refractivity contribution is -0.141. The third-order valence-corrected chi connectivity index (χ3v) is 2.15. The van der Waals surface area contributed by atoms with E-state index in [1.54, 1.807) is 7.05 Å². The van der Waals surface area contributed by atoms with Crippen LogP contribution in [0, 0.1) is 11.8 Å². The normalized spacial score (nSPS) is 16.5. The minimum absolute atomic E-state index is 0.164. The second kappa shape index (κ2) is 4.34. The lowest BCUT2D eigenvalue weighted by Crippen LogP contribution is -2.41. The van der Waals surface area contributed by atoms with Gasteiger partial charge in [0.2, 0.25) is 0 Å². The fraction of sp³-hybridized carbons (Fsp3) is 0.875. The molecule has 0 rings (SSSR count). The van der Waals surface area contributed by atoms with E-state index in [1.807, 2.05) is 20.8 Å². The molecule has 0 aliphatic carbocycles. The number of rotatable bonds is 4. The van der Waals surface area contributed by atoms with Crippen molar-refractivity contribution in [2.45, 2.75) is 26.8 Å². The SMILES string of the molecule is CNC(C(=O)O)C(C)C(C)C.